The first-order valence-corrected chi connectivity index (χ1v) is 6.65. The number of nitrogens with zero attached hydrogens (tertiary/aromatic N) is 3. The lowest BCUT2D eigenvalue weighted by atomic mass is 10.2. The molecule has 0 radical (unpaired) electrons. The maximum Gasteiger partial charge on any atom is 0.401 e. The van der Waals surface area contributed by atoms with Crippen LogP contribution in [0.25, 0.3) is 0 Å². The van der Waals surface area contributed by atoms with Crippen molar-refractivity contribution in [3.8, 4) is 0 Å². The van der Waals surface area contributed by atoms with Crippen molar-refractivity contribution < 1.29 is 13.2 Å². The number of aromatic nitrogens is 1. The van der Waals surface area contributed by atoms with Gasteiger partial charge in [-0.3, -0.25) is 4.90 Å². The highest BCUT2D eigenvalue weighted by atomic mass is 35.5. The number of hydrogen-bond donors (Lipinski definition) is 1. The van der Waals surface area contributed by atoms with Gasteiger partial charge >= 0.3 is 6.18 Å². The molecule has 1 aliphatic heterocycles. The van der Waals surface area contributed by atoms with Crippen LogP contribution in [0.15, 0.2) is 12.3 Å². The van der Waals surface area contributed by atoms with E-state index in [4.69, 9.17) is 17.3 Å². The molecule has 2 N–H and O–H groups in total. The predicted molar refractivity (Wildman–Crippen MR) is 71.8 cm³/mol. The largest absolute Gasteiger partial charge is 0.401 e. The Morgan fingerprint density at radius 3 is 2.45 bits per heavy atom. The van der Waals surface area contributed by atoms with Crippen molar-refractivity contribution in [3.63, 3.8) is 0 Å². The highest BCUT2D eigenvalue weighted by Gasteiger charge is 2.32. The second-order valence-electron chi connectivity index (χ2n) is 4.72. The summed E-state index contributed by atoms with van der Waals surface area (Å²) in [5.74, 6) is 0.710. The van der Waals surface area contributed by atoms with E-state index < -0.39 is 12.7 Å². The number of anilines is 1. The summed E-state index contributed by atoms with van der Waals surface area (Å²) in [4.78, 5) is 7.55. The van der Waals surface area contributed by atoms with Crippen LogP contribution in [-0.4, -0.2) is 48.8 Å². The second-order valence-corrected chi connectivity index (χ2v) is 5.12. The van der Waals surface area contributed by atoms with Crippen LogP contribution in [0.4, 0.5) is 19.0 Å². The van der Waals surface area contributed by atoms with Crippen molar-refractivity contribution in [3.05, 3.63) is 22.8 Å². The van der Waals surface area contributed by atoms with Crippen LogP contribution >= 0.6 is 11.6 Å². The maximum absolute atomic E-state index is 12.3. The quantitative estimate of drug-likeness (QED) is 0.926. The maximum atomic E-state index is 12.3. The van der Waals surface area contributed by atoms with Gasteiger partial charge in [-0.15, -0.1) is 0 Å². The molecule has 0 bridgehead atoms. The second kappa shape index (κ2) is 6.15. The molecular weight excluding hydrogens is 293 g/mol. The van der Waals surface area contributed by atoms with Gasteiger partial charge in [0.05, 0.1) is 11.6 Å². The number of halogens is 4. The molecule has 2 heterocycles. The molecule has 112 valence electrons. The van der Waals surface area contributed by atoms with Crippen molar-refractivity contribution in [2.75, 3.05) is 37.6 Å². The Morgan fingerprint density at radius 2 is 1.90 bits per heavy atom. The lowest BCUT2D eigenvalue weighted by Gasteiger charge is -2.35. The molecule has 8 heteroatoms. The predicted octanol–water partition coefficient (Wildman–Crippen LogP) is 1.88. The Kier molecular flexibility index (Phi) is 4.72. The summed E-state index contributed by atoms with van der Waals surface area (Å²) in [5.41, 5.74) is 6.36. The van der Waals surface area contributed by atoms with Crippen molar-refractivity contribution in [2.45, 2.75) is 12.7 Å². The highest BCUT2D eigenvalue weighted by molar-refractivity contribution is 6.31. The van der Waals surface area contributed by atoms with Crippen LogP contribution in [0.3, 0.4) is 0 Å². The Morgan fingerprint density at radius 1 is 1.25 bits per heavy atom. The minimum absolute atomic E-state index is 0.308. The molecule has 0 saturated carbocycles. The Bertz CT molecular complexity index is 459. The lowest BCUT2D eigenvalue weighted by Crippen LogP contribution is -2.49. The van der Waals surface area contributed by atoms with E-state index in [0.29, 0.717) is 43.6 Å². The van der Waals surface area contributed by atoms with E-state index in [2.05, 4.69) is 4.98 Å². The summed E-state index contributed by atoms with van der Waals surface area (Å²) in [6.07, 6.45) is -2.62. The molecule has 4 nitrogen and oxygen atoms in total. The fourth-order valence-electron chi connectivity index (χ4n) is 2.19. The molecule has 20 heavy (non-hydrogen) atoms. The number of piperazine rings is 1. The first kappa shape index (κ1) is 15.3. The number of rotatable bonds is 3. The van der Waals surface area contributed by atoms with Crippen LogP contribution in [0.2, 0.25) is 5.02 Å². The average Bonchev–Trinajstić information content (AvgIpc) is 2.38. The molecule has 1 saturated heterocycles. The van der Waals surface area contributed by atoms with E-state index in [1.165, 1.54) is 11.1 Å². The van der Waals surface area contributed by atoms with Crippen molar-refractivity contribution >= 4 is 17.4 Å². The van der Waals surface area contributed by atoms with Gasteiger partial charge in [-0.1, -0.05) is 11.6 Å². The molecule has 0 unspecified atom stereocenters. The zero-order valence-electron chi connectivity index (χ0n) is 10.8. The third-order valence-electron chi connectivity index (χ3n) is 3.24. The van der Waals surface area contributed by atoms with Gasteiger partial charge in [-0.2, -0.15) is 13.2 Å². The highest BCUT2D eigenvalue weighted by Crippen LogP contribution is 2.22. The van der Waals surface area contributed by atoms with E-state index >= 15 is 0 Å². The van der Waals surface area contributed by atoms with Gasteiger partial charge in [0.15, 0.2) is 0 Å². The summed E-state index contributed by atoms with van der Waals surface area (Å²) in [6, 6.07) is 1.79. The molecule has 0 amide bonds. The standard InChI is InChI=1S/C12H16ClF3N4/c13-10-7-18-11(5-9(10)6-17)20-3-1-19(2-4-20)8-12(14,15)16/h5,7H,1-4,6,8,17H2. The summed E-state index contributed by atoms with van der Waals surface area (Å²) in [7, 11) is 0. The summed E-state index contributed by atoms with van der Waals surface area (Å²) < 4.78 is 36.9. The van der Waals surface area contributed by atoms with Crippen LogP contribution in [0, 0.1) is 0 Å². The number of pyridine rings is 1. The van der Waals surface area contributed by atoms with Gasteiger partial charge < -0.3 is 10.6 Å². The first-order chi connectivity index (χ1) is 9.39. The summed E-state index contributed by atoms with van der Waals surface area (Å²) in [5, 5.41) is 0.506. The molecule has 0 spiro atoms. The van der Waals surface area contributed by atoms with Gasteiger partial charge in [-0.25, -0.2) is 4.98 Å². The fourth-order valence-corrected chi connectivity index (χ4v) is 2.37. The van der Waals surface area contributed by atoms with Gasteiger partial charge in [0, 0.05) is 38.9 Å². The molecule has 1 fully saturated rings. The number of hydrogen-bond acceptors (Lipinski definition) is 4. The van der Waals surface area contributed by atoms with Crippen LogP contribution in [0.5, 0.6) is 0 Å². The summed E-state index contributed by atoms with van der Waals surface area (Å²) >= 11 is 5.94. The SMILES string of the molecule is NCc1cc(N2CCN(CC(F)(F)F)CC2)ncc1Cl. The third-order valence-corrected chi connectivity index (χ3v) is 3.58. The smallest absolute Gasteiger partial charge is 0.354 e. The van der Waals surface area contributed by atoms with E-state index in [1.54, 1.807) is 6.07 Å². The molecule has 0 aromatic carbocycles. The lowest BCUT2D eigenvalue weighted by molar-refractivity contribution is -0.146. The normalized spacial score (nSPS) is 17.6. The third kappa shape index (κ3) is 3.97. The minimum Gasteiger partial charge on any atom is -0.354 e. The van der Waals surface area contributed by atoms with Crippen molar-refractivity contribution in [1.82, 2.24) is 9.88 Å². The van der Waals surface area contributed by atoms with Gasteiger partial charge in [-0.05, 0) is 11.6 Å². The first-order valence-electron chi connectivity index (χ1n) is 6.27. The van der Waals surface area contributed by atoms with E-state index in [-0.39, 0.29) is 0 Å². The number of nitrogens with two attached hydrogens (primary N) is 1. The Labute approximate surface area is 120 Å². The van der Waals surface area contributed by atoms with Crippen molar-refractivity contribution in [1.29, 1.82) is 0 Å². The van der Waals surface area contributed by atoms with E-state index in [9.17, 15) is 13.2 Å². The Hall–Kier alpha value is -1.05. The molecule has 0 aliphatic carbocycles. The van der Waals surface area contributed by atoms with E-state index in [1.807, 2.05) is 4.90 Å². The topological polar surface area (TPSA) is 45.4 Å². The molecule has 0 atom stereocenters. The average molecular weight is 309 g/mol. The minimum atomic E-state index is -4.15. The molecule has 1 aliphatic rings. The van der Waals surface area contributed by atoms with Gasteiger partial charge in [0.1, 0.15) is 5.82 Å². The van der Waals surface area contributed by atoms with Gasteiger partial charge in [0.2, 0.25) is 0 Å². The molecular formula is C12H16ClF3N4. The summed E-state index contributed by atoms with van der Waals surface area (Å²) in [6.45, 7) is 1.19. The molecule has 2 rings (SSSR count). The monoisotopic (exact) mass is 308 g/mol. The van der Waals surface area contributed by atoms with E-state index in [0.717, 1.165) is 5.56 Å². The zero-order valence-corrected chi connectivity index (χ0v) is 11.6. The van der Waals surface area contributed by atoms with Crippen molar-refractivity contribution in [2.24, 2.45) is 5.73 Å². The van der Waals surface area contributed by atoms with Crippen LogP contribution in [0.1, 0.15) is 5.56 Å². The molecule has 1 aromatic rings. The zero-order chi connectivity index (χ0) is 14.8. The fraction of sp³-hybridized carbons (Fsp3) is 0.583. The Balaban J connectivity index is 1.97. The van der Waals surface area contributed by atoms with Crippen LogP contribution in [-0.2, 0) is 6.54 Å². The number of alkyl halides is 3. The van der Waals surface area contributed by atoms with Crippen LogP contribution < -0.4 is 10.6 Å². The molecule has 1 aromatic heterocycles. The van der Waals surface area contributed by atoms with Gasteiger partial charge in [0.25, 0.3) is 0 Å².